The average Bonchev–Trinajstić information content (AvgIpc) is 2.57. The predicted octanol–water partition coefficient (Wildman–Crippen LogP) is 3.21. The van der Waals surface area contributed by atoms with Gasteiger partial charge in [-0.05, 0) is 43.0 Å². The van der Waals surface area contributed by atoms with Crippen molar-refractivity contribution < 1.29 is 17.9 Å². The topological polar surface area (TPSA) is 9.23 Å². The Bertz CT molecular complexity index is 384. The van der Waals surface area contributed by atoms with Crippen molar-refractivity contribution in [2.45, 2.75) is 32.0 Å². The van der Waals surface area contributed by atoms with Crippen LogP contribution in [0.2, 0.25) is 0 Å². The summed E-state index contributed by atoms with van der Waals surface area (Å²) in [5, 5.41) is 0. The molecule has 0 amide bonds. The highest BCUT2D eigenvalue weighted by atomic mass is 19.4. The minimum absolute atomic E-state index is 0.0449. The second-order valence-electron chi connectivity index (χ2n) is 3.97. The lowest BCUT2D eigenvalue weighted by Gasteiger charge is -2.08. The molecule has 1 aliphatic rings. The Morgan fingerprint density at radius 2 is 1.94 bits per heavy atom. The van der Waals surface area contributed by atoms with Crippen LogP contribution in [0.25, 0.3) is 0 Å². The normalized spacial score (nSPS) is 19.9. The number of fused-ring (bicyclic) bond motifs is 1. The maximum atomic E-state index is 12.5. The van der Waals surface area contributed by atoms with Crippen molar-refractivity contribution in [3.8, 4) is 0 Å². The van der Waals surface area contributed by atoms with E-state index in [4.69, 9.17) is 4.74 Å². The van der Waals surface area contributed by atoms with Gasteiger partial charge in [-0.3, -0.25) is 0 Å². The summed E-state index contributed by atoms with van der Waals surface area (Å²) in [6.45, 7) is 2.49. The minimum atomic E-state index is -4.25. The molecule has 16 heavy (non-hydrogen) atoms. The third-order valence-electron chi connectivity index (χ3n) is 2.83. The summed E-state index contributed by atoms with van der Waals surface area (Å²) in [7, 11) is 0. The highest BCUT2D eigenvalue weighted by Gasteiger charge is 2.32. The van der Waals surface area contributed by atoms with Crippen LogP contribution in [0.3, 0.4) is 0 Å². The third kappa shape index (κ3) is 2.21. The smallest absolute Gasteiger partial charge is 0.378 e. The monoisotopic (exact) mass is 230 g/mol. The molecule has 2 rings (SSSR count). The van der Waals surface area contributed by atoms with Crippen molar-refractivity contribution in [3.63, 3.8) is 0 Å². The van der Waals surface area contributed by atoms with Crippen LogP contribution in [0.4, 0.5) is 13.2 Å². The van der Waals surface area contributed by atoms with Gasteiger partial charge in [-0.1, -0.05) is 6.07 Å². The highest BCUT2D eigenvalue weighted by Crippen LogP contribution is 2.33. The number of rotatable bonds is 2. The summed E-state index contributed by atoms with van der Waals surface area (Å²) in [6, 6.07) is 3.96. The van der Waals surface area contributed by atoms with Crippen LogP contribution in [0.15, 0.2) is 18.2 Å². The van der Waals surface area contributed by atoms with Crippen molar-refractivity contribution >= 4 is 0 Å². The van der Waals surface area contributed by atoms with E-state index in [0.717, 1.165) is 23.6 Å². The maximum absolute atomic E-state index is 12.5. The van der Waals surface area contributed by atoms with Gasteiger partial charge in [0.15, 0.2) is 0 Å². The number of hydrogen-bond donors (Lipinski definition) is 0. The lowest BCUT2D eigenvalue weighted by Crippen LogP contribution is -2.12. The summed E-state index contributed by atoms with van der Waals surface area (Å²) in [5.74, 6) is 0. The highest BCUT2D eigenvalue weighted by molar-refractivity contribution is 5.37. The standard InChI is InChI=1S/C12H13F3O/c1-2-16-11-6-8-3-4-10(12(13,14)15)5-9(8)7-11/h3-5,11H,2,6-7H2,1H3. The maximum Gasteiger partial charge on any atom is 0.416 e. The second kappa shape index (κ2) is 4.09. The molecule has 0 N–H and O–H groups in total. The van der Waals surface area contributed by atoms with E-state index < -0.39 is 11.7 Å². The Morgan fingerprint density at radius 3 is 2.56 bits per heavy atom. The van der Waals surface area contributed by atoms with Crippen LogP contribution in [-0.2, 0) is 23.8 Å². The molecule has 1 aromatic rings. The summed E-state index contributed by atoms with van der Waals surface area (Å²) in [5.41, 5.74) is 1.18. The molecule has 0 bridgehead atoms. The first-order valence-corrected chi connectivity index (χ1v) is 5.31. The van der Waals surface area contributed by atoms with E-state index in [1.165, 1.54) is 6.07 Å². The zero-order valence-corrected chi connectivity index (χ0v) is 8.97. The molecule has 1 atom stereocenters. The molecule has 88 valence electrons. The molecule has 1 nitrogen and oxygen atoms in total. The van der Waals surface area contributed by atoms with Crippen molar-refractivity contribution in [3.05, 3.63) is 34.9 Å². The van der Waals surface area contributed by atoms with E-state index in [1.807, 2.05) is 6.92 Å². The predicted molar refractivity (Wildman–Crippen MR) is 54.3 cm³/mol. The van der Waals surface area contributed by atoms with Gasteiger partial charge in [0.05, 0.1) is 11.7 Å². The van der Waals surface area contributed by atoms with Crippen molar-refractivity contribution in [1.29, 1.82) is 0 Å². The zero-order valence-electron chi connectivity index (χ0n) is 8.97. The SMILES string of the molecule is CCOC1Cc2ccc(C(F)(F)F)cc2C1. The molecule has 0 saturated carbocycles. The minimum Gasteiger partial charge on any atom is -0.378 e. The fourth-order valence-corrected chi connectivity index (χ4v) is 2.11. The molecular weight excluding hydrogens is 217 g/mol. The molecule has 0 spiro atoms. The largest absolute Gasteiger partial charge is 0.416 e. The summed E-state index contributed by atoms with van der Waals surface area (Å²) in [6.07, 6.45) is -2.89. The number of halogens is 3. The number of ether oxygens (including phenoxy) is 1. The number of alkyl halides is 3. The molecule has 1 aromatic carbocycles. The van der Waals surface area contributed by atoms with Crippen molar-refractivity contribution in [2.24, 2.45) is 0 Å². The van der Waals surface area contributed by atoms with E-state index >= 15 is 0 Å². The lowest BCUT2D eigenvalue weighted by molar-refractivity contribution is -0.137. The average molecular weight is 230 g/mol. The van der Waals surface area contributed by atoms with E-state index in [-0.39, 0.29) is 6.10 Å². The van der Waals surface area contributed by atoms with Crippen LogP contribution in [0.1, 0.15) is 23.6 Å². The van der Waals surface area contributed by atoms with Crippen LogP contribution in [-0.4, -0.2) is 12.7 Å². The van der Waals surface area contributed by atoms with Gasteiger partial charge >= 0.3 is 6.18 Å². The van der Waals surface area contributed by atoms with Crippen LogP contribution < -0.4 is 0 Å². The first-order chi connectivity index (χ1) is 7.50. The van der Waals surface area contributed by atoms with E-state index in [9.17, 15) is 13.2 Å². The molecule has 1 unspecified atom stereocenters. The lowest BCUT2D eigenvalue weighted by atomic mass is 10.1. The summed E-state index contributed by atoms with van der Waals surface area (Å²) < 4.78 is 42.8. The molecule has 0 radical (unpaired) electrons. The molecular formula is C12H13F3O. The molecule has 4 heteroatoms. The van der Waals surface area contributed by atoms with Gasteiger partial charge in [-0.2, -0.15) is 13.2 Å². The Balaban J connectivity index is 2.21. The quantitative estimate of drug-likeness (QED) is 0.758. The number of hydrogen-bond acceptors (Lipinski definition) is 1. The van der Waals surface area contributed by atoms with Crippen LogP contribution in [0.5, 0.6) is 0 Å². The van der Waals surface area contributed by atoms with Crippen LogP contribution in [0, 0.1) is 0 Å². The molecule has 0 aromatic heterocycles. The fraction of sp³-hybridized carbons (Fsp3) is 0.500. The van der Waals surface area contributed by atoms with Gasteiger partial charge in [0.1, 0.15) is 0 Å². The van der Waals surface area contributed by atoms with Gasteiger partial charge in [-0.15, -0.1) is 0 Å². The Morgan fingerprint density at radius 1 is 1.25 bits per heavy atom. The van der Waals surface area contributed by atoms with Gasteiger partial charge < -0.3 is 4.74 Å². The third-order valence-corrected chi connectivity index (χ3v) is 2.83. The van der Waals surface area contributed by atoms with E-state index in [1.54, 1.807) is 6.07 Å². The number of benzene rings is 1. The van der Waals surface area contributed by atoms with E-state index in [0.29, 0.717) is 13.0 Å². The van der Waals surface area contributed by atoms with Crippen molar-refractivity contribution in [1.82, 2.24) is 0 Å². The summed E-state index contributed by atoms with van der Waals surface area (Å²) in [4.78, 5) is 0. The molecule has 0 fully saturated rings. The molecule has 0 heterocycles. The van der Waals surface area contributed by atoms with Gasteiger partial charge in [-0.25, -0.2) is 0 Å². The summed E-state index contributed by atoms with van der Waals surface area (Å²) >= 11 is 0. The Labute approximate surface area is 92.2 Å². The van der Waals surface area contributed by atoms with Crippen molar-refractivity contribution in [2.75, 3.05) is 6.61 Å². The Kier molecular flexibility index (Phi) is 2.93. The molecule has 0 aliphatic heterocycles. The second-order valence-corrected chi connectivity index (χ2v) is 3.97. The van der Waals surface area contributed by atoms with Gasteiger partial charge in [0.25, 0.3) is 0 Å². The first kappa shape index (κ1) is 11.5. The fourth-order valence-electron chi connectivity index (χ4n) is 2.11. The van der Waals surface area contributed by atoms with Gasteiger partial charge in [0.2, 0.25) is 0 Å². The first-order valence-electron chi connectivity index (χ1n) is 5.31. The zero-order chi connectivity index (χ0) is 11.8. The van der Waals surface area contributed by atoms with E-state index in [2.05, 4.69) is 0 Å². The van der Waals surface area contributed by atoms with Gasteiger partial charge in [0, 0.05) is 6.61 Å². The molecule has 1 aliphatic carbocycles. The molecule has 0 saturated heterocycles. The Hall–Kier alpha value is -1.03. The van der Waals surface area contributed by atoms with Crippen LogP contribution >= 0.6 is 0 Å².